The summed E-state index contributed by atoms with van der Waals surface area (Å²) in [5, 5.41) is 6.94. The number of nitrogens with zero attached hydrogens (tertiary/aromatic N) is 3. The molecule has 0 atom stereocenters. The van der Waals surface area contributed by atoms with Gasteiger partial charge in [-0.1, -0.05) is 146 Å². The van der Waals surface area contributed by atoms with Gasteiger partial charge in [-0.2, -0.15) is 0 Å². The summed E-state index contributed by atoms with van der Waals surface area (Å²) in [6.07, 6.45) is 0. The fourth-order valence-corrected chi connectivity index (χ4v) is 9.47. The summed E-state index contributed by atoms with van der Waals surface area (Å²) in [6.45, 7) is 0. The smallest absolute Gasteiger partial charge is 0.136 e. The maximum absolute atomic E-state index is 6.34. The van der Waals surface area contributed by atoms with Crippen molar-refractivity contribution in [3.8, 4) is 11.1 Å². The van der Waals surface area contributed by atoms with Crippen molar-refractivity contribution < 1.29 is 4.42 Å². The van der Waals surface area contributed by atoms with Crippen molar-refractivity contribution in [2.75, 3.05) is 14.7 Å². The van der Waals surface area contributed by atoms with E-state index in [1.807, 2.05) is 12.1 Å². The van der Waals surface area contributed by atoms with E-state index in [-0.39, 0.29) is 0 Å². The summed E-state index contributed by atoms with van der Waals surface area (Å²) in [7, 11) is 0. The fraction of sp³-hybridized carbons (Fsp3) is 0. The average molecular weight is 846 g/mol. The first-order valence-corrected chi connectivity index (χ1v) is 22.4. The highest BCUT2D eigenvalue weighted by Gasteiger charge is 2.21. The average Bonchev–Trinajstić information content (AvgIpc) is 3.75. The van der Waals surface area contributed by atoms with E-state index in [4.69, 9.17) is 4.42 Å². The summed E-state index contributed by atoms with van der Waals surface area (Å²) in [4.78, 5) is 7.06. The molecule has 312 valence electrons. The van der Waals surface area contributed by atoms with E-state index in [1.165, 1.54) is 21.7 Å². The Hall–Kier alpha value is -8.86. The van der Waals surface area contributed by atoms with Crippen LogP contribution >= 0.6 is 0 Å². The third-order valence-electron chi connectivity index (χ3n) is 12.5. The lowest BCUT2D eigenvalue weighted by atomic mass is 9.98. The predicted molar refractivity (Wildman–Crippen MR) is 278 cm³/mol. The molecule has 66 heavy (non-hydrogen) atoms. The van der Waals surface area contributed by atoms with Crippen LogP contribution in [0.2, 0.25) is 0 Å². The minimum absolute atomic E-state index is 0.900. The van der Waals surface area contributed by atoms with E-state index in [1.54, 1.807) is 0 Å². The second-order valence-corrected chi connectivity index (χ2v) is 16.6. The summed E-state index contributed by atoms with van der Waals surface area (Å²) < 4.78 is 6.34. The maximum Gasteiger partial charge on any atom is 0.136 e. The molecule has 12 aromatic rings. The number of rotatable bonds is 10. The van der Waals surface area contributed by atoms with Gasteiger partial charge in [0.25, 0.3) is 0 Å². The lowest BCUT2D eigenvalue weighted by molar-refractivity contribution is 0.669. The van der Waals surface area contributed by atoms with E-state index in [2.05, 4.69) is 263 Å². The third kappa shape index (κ3) is 7.17. The number of para-hydroxylation sites is 4. The number of hydrogen-bond acceptors (Lipinski definition) is 4. The van der Waals surface area contributed by atoms with E-state index in [0.717, 1.165) is 84.1 Å². The normalized spacial score (nSPS) is 11.3. The molecule has 0 bridgehead atoms. The van der Waals surface area contributed by atoms with Gasteiger partial charge in [-0.3, -0.25) is 0 Å². The van der Waals surface area contributed by atoms with Gasteiger partial charge in [0.1, 0.15) is 11.2 Å². The van der Waals surface area contributed by atoms with Crippen molar-refractivity contribution in [1.82, 2.24) is 0 Å². The molecule has 12 rings (SSSR count). The van der Waals surface area contributed by atoms with Gasteiger partial charge in [-0.05, 0) is 148 Å². The Labute approximate surface area is 384 Å². The summed E-state index contributed by atoms with van der Waals surface area (Å²) in [6, 6.07) is 93.2. The van der Waals surface area contributed by atoms with Gasteiger partial charge in [-0.15, -0.1) is 0 Å². The molecule has 0 unspecified atom stereocenters. The first-order valence-electron chi connectivity index (χ1n) is 22.4. The van der Waals surface area contributed by atoms with Gasteiger partial charge in [0.15, 0.2) is 0 Å². The van der Waals surface area contributed by atoms with Crippen molar-refractivity contribution in [2.45, 2.75) is 0 Å². The van der Waals surface area contributed by atoms with Crippen LogP contribution in [0.25, 0.3) is 54.6 Å². The van der Waals surface area contributed by atoms with Crippen LogP contribution in [-0.2, 0) is 0 Å². The number of furan rings is 1. The molecule has 4 heteroatoms. The number of hydrogen-bond donors (Lipinski definition) is 0. The molecular formula is C62H43N3O. The quantitative estimate of drug-likeness (QED) is 0.128. The minimum atomic E-state index is 0.900. The minimum Gasteiger partial charge on any atom is -0.456 e. The molecular weight excluding hydrogens is 803 g/mol. The molecule has 0 radical (unpaired) electrons. The highest BCUT2D eigenvalue weighted by atomic mass is 16.3. The van der Waals surface area contributed by atoms with E-state index in [0.29, 0.717) is 0 Å². The van der Waals surface area contributed by atoms with E-state index in [9.17, 15) is 0 Å². The highest BCUT2D eigenvalue weighted by molar-refractivity contribution is 6.17. The third-order valence-corrected chi connectivity index (χ3v) is 12.5. The first-order chi connectivity index (χ1) is 32.7. The predicted octanol–water partition coefficient (Wildman–Crippen LogP) is 18.0. The molecule has 0 aliphatic carbocycles. The molecule has 0 aliphatic rings. The number of benzene rings is 11. The van der Waals surface area contributed by atoms with E-state index < -0.39 is 0 Å². The summed E-state index contributed by atoms with van der Waals surface area (Å²) in [5.41, 5.74) is 13.7. The first kappa shape index (κ1) is 38.8. The fourth-order valence-electron chi connectivity index (χ4n) is 9.47. The van der Waals surface area contributed by atoms with Crippen LogP contribution in [0.15, 0.2) is 265 Å². The lowest BCUT2D eigenvalue weighted by Gasteiger charge is -2.31. The molecule has 11 aromatic carbocycles. The maximum atomic E-state index is 6.34. The topological polar surface area (TPSA) is 22.9 Å². The molecule has 1 aromatic heterocycles. The number of anilines is 9. The van der Waals surface area contributed by atoms with Gasteiger partial charge in [0.2, 0.25) is 0 Å². The van der Waals surface area contributed by atoms with Crippen molar-refractivity contribution in [3.05, 3.63) is 261 Å². The van der Waals surface area contributed by atoms with Crippen molar-refractivity contribution in [3.63, 3.8) is 0 Å². The van der Waals surface area contributed by atoms with Gasteiger partial charge >= 0.3 is 0 Å². The molecule has 0 saturated carbocycles. The molecule has 0 saturated heterocycles. The zero-order valence-corrected chi connectivity index (χ0v) is 36.1. The molecule has 0 N–H and O–H groups in total. The molecule has 1 heterocycles. The molecule has 0 fully saturated rings. The molecule has 0 spiro atoms. The Morgan fingerprint density at radius 2 is 0.621 bits per heavy atom. The Bertz CT molecular complexity index is 3620. The second kappa shape index (κ2) is 16.7. The van der Waals surface area contributed by atoms with Gasteiger partial charge in [-0.25, -0.2) is 0 Å². The second-order valence-electron chi connectivity index (χ2n) is 16.6. The summed E-state index contributed by atoms with van der Waals surface area (Å²) >= 11 is 0. The standard InChI is InChI=1S/C62H43N3O/c1-5-18-44(19-6-1)46-20-15-27-51(38-46)65(56-37-36-45-34-35-47-39-62-60(43-59(47)58(45)42-56)57-32-13-14-33-61(57)66-62)55-31-17-30-54(41-55)64(50-25-11-4-12-26-50)53-29-16-28-52(40-53)63(48-21-7-2-8-22-48)49-23-9-3-10-24-49/h1-43H. The zero-order valence-electron chi connectivity index (χ0n) is 36.1. The Kier molecular flexibility index (Phi) is 9.81. The van der Waals surface area contributed by atoms with Gasteiger partial charge in [0, 0.05) is 62.0 Å². The Morgan fingerprint density at radius 3 is 1.23 bits per heavy atom. The van der Waals surface area contributed by atoms with Crippen LogP contribution in [0.4, 0.5) is 51.2 Å². The van der Waals surface area contributed by atoms with Crippen LogP contribution < -0.4 is 14.7 Å². The lowest BCUT2D eigenvalue weighted by Crippen LogP contribution is -2.14. The van der Waals surface area contributed by atoms with Crippen molar-refractivity contribution in [1.29, 1.82) is 0 Å². The SMILES string of the molecule is c1ccc(-c2cccc(N(c3cccc(N(c4ccccc4)c4cccc(N(c5ccccc5)c5ccccc5)c4)c3)c3ccc4ccc5cc6oc7ccccc7c6cc5c4c3)c2)cc1. The van der Waals surface area contributed by atoms with Gasteiger partial charge in [0.05, 0.1) is 0 Å². The Morgan fingerprint density at radius 1 is 0.212 bits per heavy atom. The summed E-state index contributed by atoms with van der Waals surface area (Å²) in [5.74, 6) is 0. The van der Waals surface area contributed by atoms with E-state index >= 15 is 0 Å². The van der Waals surface area contributed by atoms with Crippen LogP contribution in [0, 0.1) is 0 Å². The van der Waals surface area contributed by atoms with Crippen LogP contribution in [0.5, 0.6) is 0 Å². The molecule has 0 aliphatic heterocycles. The van der Waals surface area contributed by atoms with Crippen molar-refractivity contribution >= 4 is 94.7 Å². The van der Waals surface area contributed by atoms with Crippen LogP contribution in [0.1, 0.15) is 0 Å². The monoisotopic (exact) mass is 845 g/mol. The van der Waals surface area contributed by atoms with Gasteiger partial charge < -0.3 is 19.1 Å². The van der Waals surface area contributed by atoms with Crippen LogP contribution in [0.3, 0.4) is 0 Å². The molecule has 0 amide bonds. The number of fused-ring (bicyclic) bond motifs is 6. The highest BCUT2D eigenvalue weighted by Crippen LogP contribution is 2.45. The largest absolute Gasteiger partial charge is 0.456 e. The van der Waals surface area contributed by atoms with Crippen molar-refractivity contribution in [2.24, 2.45) is 0 Å². The molecule has 4 nitrogen and oxygen atoms in total. The van der Waals surface area contributed by atoms with Crippen LogP contribution in [-0.4, -0.2) is 0 Å². The Balaban J connectivity index is 1.03. The zero-order chi connectivity index (χ0) is 43.8.